The lowest BCUT2D eigenvalue weighted by atomic mass is 10.0. The number of thiophene rings is 1. The van der Waals surface area contributed by atoms with Crippen LogP contribution in [-0.2, 0) is 0 Å². The number of nitrogens with one attached hydrogen (secondary N) is 1. The van der Waals surface area contributed by atoms with Crippen LogP contribution in [0, 0.1) is 5.92 Å². The van der Waals surface area contributed by atoms with Crippen molar-refractivity contribution >= 4 is 40.4 Å². The van der Waals surface area contributed by atoms with Gasteiger partial charge in [-0.25, -0.2) is 0 Å². The second-order valence-corrected chi connectivity index (χ2v) is 7.22. The lowest BCUT2D eigenvalue weighted by molar-refractivity contribution is 0.0938. The molecule has 1 aromatic heterocycles. The highest BCUT2D eigenvalue weighted by Crippen LogP contribution is 2.31. The molecule has 1 heterocycles. The molecule has 18 heavy (non-hydrogen) atoms. The summed E-state index contributed by atoms with van der Waals surface area (Å²) < 4.78 is 0.990. The average Bonchev–Trinajstić information content (AvgIpc) is 2.57. The molecule has 2 nitrogen and oxygen atoms in total. The molecule has 0 saturated carbocycles. The zero-order valence-corrected chi connectivity index (χ0v) is 13.3. The highest BCUT2D eigenvalue weighted by Gasteiger charge is 2.15. The van der Waals surface area contributed by atoms with Crippen molar-refractivity contribution in [3.8, 4) is 0 Å². The van der Waals surface area contributed by atoms with Crippen LogP contribution in [0.2, 0.25) is 8.67 Å². The summed E-state index contributed by atoms with van der Waals surface area (Å²) in [6, 6.07) is 1.77. The monoisotopic (exact) mass is 307 g/mol. The van der Waals surface area contributed by atoms with Crippen molar-refractivity contribution in [1.29, 1.82) is 0 Å². The molecule has 1 amide bonds. The zero-order chi connectivity index (χ0) is 13.7. The topological polar surface area (TPSA) is 29.1 Å². The number of hydrogen-bond donors (Lipinski definition) is 1. The van der Waals surface area contributed by atoms with Crippen molar-refractivity contribution in [2.24, 2.45) is 5.92 Å². The van der Waals surface area contributed by atoms with Crippen LogP contribution in [-0.4, -0.2) is 11.9 Å². The van der Waals surface area contributed by atoms with Crippen LogP contribution in [0.15, 0.2) is 6.07 Å². The fourth-order valence-corrected chi connectivity index (χ4v) is 3.16. The molecule has 1 unspecified atom stereocenters. The molecule has 0 aromatic carbocycles. The Hall–Kier alpha value is -0.250. The molecule has 1 rings (SSSR count). The van der Waals surface area contributed by atoms with E-state index in [0.717, 1.165) is 12.8 Å². The highest BCUT2D eigenvalue weighted by molar-refractivity contribution is 7.20. The van der Waals surface area contributed by atoms with Crippen molar-refractivity contribution in [1.82, 2.24) is 5.32 Å². The normalized spacial score (nSPS) is 12.8. The Labute approximate surface area is 123 Å². The summed E-state index contributed by atoms with van der Waals surface area (Å²) in [6.45, 7) is 6.42. The molecule has 0 spiro atoms. The summed E-state index contributed by atoms with van der Waals surface area (Å²) in [5, 5.41) is 2.95. The van der Waals surface area contributed by atoms with Crippen LogP contribution >= 0.6 is 34.5 Å². The molecule has 0 saturated heterocycles. The van der Waals surface area contributed by atoms with Gasteiger partial charge in [-0.3, -0.25) is 4.79 Å². The number of amides is 1. The van der Waals surface area contributed by atoms with E-state index in [1.54, 1.807) is 6.07 Å². The van der Waals surface area contributed by atoms with E-state index in [1.807, 2.05) is 6.92 Å². The molecule has 1 aromatic rings. The Balaban J connectivity index is 2.42. The number of rotatable bonds is 6. The fraction of sp³-hybridized carbons (Fsp3) is 0.615. The molecule has 102 valence electrons. The summed E-state index contributed by atoms with van der Waals surface area (Å²) in [4.78, 5) is 11.9. The third-order valence-electron chi connectivity index (χ3n) is 2.70. The highest BCUT2D eigenvalue weighted by atomic mass is 35.5. The van der Waals surface area contributed by atoms with E-state index in [4.69, 9.17) is 23.2 Å². The molecule has 1 N–H and O–H groups in total. The molecular formula is C13H19Cl2NOS. The average molecular weight is 308 g/mol. The van der Waals surface area contributed by atoms with E-state index in [9.17, 15) is 4.79 Å². The third kappa shape index (κ3) is 5.17. The van der Waals surface area contributed by atoms with Crippen LogP contribution in [0.1, 0.15) is 50.4 Å². The van der Waals surface area contributed by atoms with Gasteiger partial charge in [-0.15, -0.1) is 11.3 Å². The van der Waals surface area contributed by atoms with Gasteiger partial charge in [-0.2, -0.15) is 0 Å². The number of carbonyl (C=O) groups is 1. The minimum absolute atomic E-state index is 0.139. The van der Waals surface area contributed by atoms with Gasteiger partial charge in [0.1, 0.15) is 4.34 Å². The molecule has 0 aliphatic heterocycles. The first kappa shape index (κ1) is 15.8. The van der Waals surface area contributed by atoms with Crippen molar-refractivity contribution in [2.45, 2.75) is 46.1 Å². The molecule has 0 fully saturated rings. The summed E-state index contributed by atoms with van der Waals surface area (Å²) >= 11 is 13.0. The maximum absolute atomic E-state index is 11.9. The maximum atomic E-state index is 11.9. The van der Waals surface area contributed by atoms with Gasteiger partial charge in [-0.05, 0) is 25.3 Å². The molecule has 1 atom stereocenters. The second-order valence-electron chi connectivity index (χ2n) is 4.94. The molecule has 0 bridgehead atoms. The van der Waals surface area contributed by atoms with Crippen LogP contribution in [0.25, 0.3) is 0 Å². The van der Waals surface area contributed by atoms with Gasteiger partial charge in [0.15, 0.2) is 0 Å². The Morgan fingerprint density at radius 3 is 2.50 bits per heavy atom. The lowest BCUT2D eigenvalue weighted by Crippen LogP contribution is -2.32. The van der Waals surface area contributed by atoms with Crippen LogP contribution < -0.4 is 5.32 Å². The predicted octanol–water partition coefficient (Wildman–Crippen LogP) is 5.00. The Morgan fingerprint density at radius 1 is 1.33 bits per heavy atom. The summed E-state index contributed by atoms with van der Waals surface area (Å²) in [5.74, 6) is 0.568. The van der Waals surface area contributed by atoms with Gasteiger partial charge >= 0.3 is 0 Å². The Morgan fingerprint density at radius 2 is 2.00 bits per heavy atom. The fourth-order valence-electron chi connectivity index (χ4n) is 1.70. The molecular weight excluding hydrogens is 289 g/mol. The third-order valence-corrected chi connectivity index (χ3v) is 4.19. The summed E-state index contributed by atoms with van der Waals surface area (Å²) in [6.07, 6.45) is 3.29. The van der Waals surface area contributed by atoms with Crippen molar-refractivity contribution in [3.63, 3.8) is 0 Å². The van der Waals surface area contributed by atoms with Gasteiger partial charge in [0.25, 0.3) is 5.91 Å². The molecule has 5 heteroatoms. The zero-order valence-electron chi connectivity index (χ0n) is 10.9. The first-order valence-corrected chi connectivity index (χ1v) is 7.73. The van der Waals surface area contributed by atoms with E-state index < -0.39 is 0 Å². The SMILES string of the molecule is CC(C)CCCC(C)NC(=O)c1cc(Cl)sc1Cl. The van der Waals surface area contributed by atoms with Gasteiger partial charge in [0.05, 0.1) is 9.90 Å². The van der Waals surface area contributed by atoms with Crippen molar-refractivity contribution in [2.75, 3.05) is 0 Å². The van der Waals surface area contributed by atoms with E-state index in [0.29, 0.717) is 20.2 Å². The van der Waals surface area contributed by atoms with Crippen LogP contribution in [0.3, 0.4) is 0 Å². The number of halogens is 2. The van der Waals surface area contributed by atoms with Crippen molar-refractivity contribution < 1.29 is 4.79 Å². The predicted molar refractivity (Wildman–Crippen MR) is 80.0 cm³/mol. The van der Waals surface area contributed by atoms with E-state index in [2.05, 4.69) is 19.2 Å². The molecule has 0 aliphatic carbocycles. The Bertz CT molecular complexity index is 404. The minimum atomic E-state index is -0.139. The lowest BCUT2D eigenvalue weighted by Gasteiger charge is -2.14. The first-order valence-electron chi connectivity index (χ1n) is 6.15. The van der Waals surface area contributed by atoms with Crippen LogP contribution in [0.5, 0.6) is 0 Å². The quantitative estimate of drug-likeness (QED) is 0.787. The van der Waals surface area contributed by atoms with E-state index in [1.165, 1.54) is 17.8 Å². The Kier molecular flexibility index (Phi) is 6.47. The van der Waals surface area contributed by atoms with Gasteiger partial charge in [-0.1, -0.05) is 49.9 Å². The molecule has 0 radical (unpaired) electrons. The summed E-state index contributed by atoms with van der Waals surface area (Å²) in [7, 11) is 0. The van der Waals surface area contributed by atoms with Gasteiger partial charge in [0, 0.05) is 6.04 Å². The van der Waals surface area contributed by atoms with E-state index >= 15 is 0 Å². The van der Waals surface area contributed by atoms with Crippen LogP contribution in [0.4, 0.5) is 0 Å². The van der Waals surface area contributed by atoms with Gasteiger partial charge in [0.2, 0.25) is 0 Å². The first-order chi connectivity index (χ1) is 8.40. The summed E-state index contributed by atoms with van der Waals surface area (Å²) in [5.41, 5.74) is 0.474. The smallest absolute Gasteiger partial charge is 0.253 e. The van der Waals surface area contributed by atoms with Crippen molar-refractivity contribution in [3.05, 3.63) is 20.3 Å². The minimum Gasteiger partial charge on any atom is -0.350 e. The molecule has 0 aliphatic rings. The second kappa shape index (κ2) is 7.37. The maximum Gasteiger partial charge on any atom is 0.253 e. The van der Waals surface area contributed by atoms with Gasteiger partial charge < -0.3 is 5.32 Å². The number of carbonyl (C=O) groups excluding carboxylic acids is 1. The van der Waals surface area contributed by atoms with E-state index in [-0.39, 0.29) is 11.9 Å². The standard InChI is InChI=1S/C13H19Cl2NOS/c1-8(2)5-4-6-9(3)16-13(17)10-7-11(14)18-12(10)15/h7-9H,4-6H2,1-3H3,(H,16,17). The number of hydrogen-bond acceptors (Lipinski definition) is 2. The largest absolute Gasteiger partial charge is 0.350 e.